The van der Waals surface area contributed by atoms with Crippen LogP contribution in [0.1, 0.15) is 66.8 Å². The van der Waals surface area contributed by atoms with E-state index in [9.17, 15) is 14.7 Å². The second kappa shape index (κ2) is 6.51. The Kier molecular flexibility index (Phi) is 4.29. The maximum Gasteiger partial charge on any atom is 0.494 e. The summed E-state index contributed by atoms with van der Waals surface area (Å²) in [5.74, 6) is -0.606. The van der Waals surface area contributed by atoms with E-state index >= 15 is 0 Å². The molecule has 0 bridgehead atoms. The SMILES string of the molecule is CC1(C)OB(c2ccc(C3(N4C(=O)c5ccccc5C4=O)CC(O)C3)cc2)OC1(C)C. The number of aliphatic hydroxyl groups excluding tert-OH is 1. The van der Waals surface area contributed by atoms with Crippen molar-refractivity contribution in [3.63, 3.8) is 0 Å². The molecular formula is C24H26BNO5. The van der Waals surface area contributed by atoms with E-state index in [0.29, 0.717) is 24.0 Å². The molecular weight excluding hydrogens is 393 g/mol. The van der Waals surface area contributed by atoms with E-state index in [1.54, 1.807) is 24.3 Å². The molecule has 7 heteroatoms. The zero-order valence-electron chi connectivity index (χ0n) is 18.2. The largest absolute Gasteiger partial charge is 0.494 e. The van der Waals surface area contributed by atoms with Crippen LogP contribution in [0.5, 0.6) is 0 Å². The summed E-state index contributed by atoms with van der Waals surface area (Å²) in [6.07, 6.45) is 0.106. The van der Waals surface area contributed by atoms with Gasteiger partial charge in [0.2, 0.25) is 0 Å². The number of hydrogen-bond donors (Lipinski definition) is 1. The Balaban J connectivity index is 1.47. The number of carbonyl (C=O) groups excluding carboxylic acids is 2. The molecule has 0 aromatic heterocycles. The standard InChI is InChI=1S/C24H26BNO5/c1-22(2)23(3,4)31-25(30-22)16-11-9-15(10-12-16)24(13-17(27)14-24)26-20(28)18-7-5-6-8-19(18)21(26)29/h5-12,17,27H,13-14H2,1-4H3. The summed E-state index contributed by atoms with van der Waals surface area (Å²) in [4.78, 5) is 27.6. The lowest BCUT2D eigenvalue weighted by Gasteiger charge is -2.50. The van der Waals surface area contributed by atoms with Gasteiger partial charge in [-0.25, -0.2) is 0 Å². The van der Waals surface area contributed by atoms with Gasteiger partial charge >= 0.3 is 7.12 Å². The second-order valence-corrected chi connectivity index (χ2v) is 9.80. The Morgan fingerprint density at radius 1 is 0.871 bits per heavy atom. The molecule has 0 spiro atoms. The highest BCUT2D eigenvalue weighted by Crippen LogP contribution is 2.49. The van der Waals surface area contributed by atoms with Crippen LogP contribution in [0.3, 0.4) is 0 Å². The van der Waals surface area contributed by atoms with E-state index < -0.39 is 30.0 Å². The van der Waals surface area contributed by atoms with Crippen LogP contribution in [0.2, 0.25) is 0 Å². The maximum absolute atomic E-state index is 13.1. The highest BCUT2D eigenvalue weighted by molar-refractivity contribution is 6.62. The van der Waals surface area contributed by atoms with Crippen molar-refractivity contribution >= 4 is 24.4 Å². The molecule has 1 saturated heterocycles. The van der Waals surface area contributed by atoms with Gasteiger partial charge in [-0.1, -0.05) is 36.4 Å². The highest BCUT2D eigenvalue weighted by Gasteiger charge is 2.57. The lowest BCUT2D eigenvalue weighted by Crippen LogP contribution is -2.59. The van der Waals surface area contributed by atoms with Crippen LogP contribution in [-0.2, 0) is 14.8 Å². The van der Waals surface area contributed by atoms with Crippen LogP contribution >= 0.6 is 0 Å². The number of imide groups is 1. The van der Waals surface area contributed by atoms with Gasteiger partial charge in [-0.2, -0.15) is 0 Å². The molecule has 2 aromatic rings. The fraction of sp³-hybridized carbons (Fsp3) is 0.417. The van der Waals surface area contributed by atoms with E-state index in [2.05, 4.69) is 0 Å². The summed E-state index contributed by atoms with van der Waals surface area (Å²) in [5, 5.41) is 10.1. The molecule has 2 aromatic carbocycles. The molecule has 2 amide bonds. The minimum Gasteiger partial charge on any atom is -0.399 e. The fourth-order valence-corrected chi connectivity index (χ4v) is 4.77. The van der Waals surface area contributed by atoms with Crippen LogP contribution in [0.4, 0.5) is 0 Å². The summed E-state index contributed by atoms with van der Waals surface area (Å²) in [5.41, 5.74) is 0.823. The minimum atomic E-state index is -0.846. The van der Waals surface area contributed by atoms with Crippen molar-refractivity contribution < 1.29 is 24.0 Å². The van der Waals surface area contributed by atoms with Gasteiger partial charge in [-0.05, 0) is 50.9 Å². The molecule has 1 saturated carbocycles. The third kappa shape index (κ3) is 2.84. The Morgan fingerprint density at radius 2 is 1.35 bits per heavy atom. The smallest absolute Gasteiger partial charge is 0.399 e. The van der Waals surface area contributed by atoms with Gasteiger partial charge in [0.1, 0.15) is 0 Å². The predicted octanol–water partition coefficient (Wildman–Crippen LogP) is 2.63. The zero-order chi connectivity index (χ0) is 22.2. The van der Waals surface area contributed by atoms with Gasteiger partial charge in [0.25, 0.3) is 11.8 Å². The number of amides is 2. The Hall–Kier alpha value is -2.48. The molecule has 1 N–H and O–H groups in total. The van der Waals surface area contributed by atoms with Crippen LogP contribution in [0.25, 0.3) is 0 Å². The van der Waals surface area contributed by atoms with E-state index in [0.717, 1.165) is 11.0 Å². The molecule has 3 aliphatic rings. The van der Waals surface area contributed by atoms with Crippen molar-refractivity contribution in [2.75, 3.05) is 0 Å². The second-order valence-electron chi connectivity index (χ2n) is 9.80. The number of carbonyl (C=O) groups is 2. The zero-order valence-corrected chi connectivity index (χ0v) is 18.2. The number of rotatable bonds is 3. The molecule has 1 aliphatic carbocycles. The Morgan fingerprint density at radius 3 is 1.81 bits per heavy atom. The summed E-state index contributed by atoms with van der Waals surface area (Å²) >= 11 is 0. The van der Waals surface area contributed by atoms with E-state index in [1.165, 1.54) is 4.90 Å². The van der Waals surface area contributed by atoms with Gasteiger partial charge in [0, 0.05) is 12.8 Å². The normalized spacial score (nSPS) is 28.6. The number of aliphatic hydroxyl groups is 1. The molecule has 2 aliphatic heterocycles. The first-order chi connectivity index (χ1) is 14.6. The van der Waals surface area contributed by atoms with Gasteiger partial charge < -0.3 is 14.4 Å². The van der Waals surface area contributed by atoms with Crippen LogP contribution in [0, 0.1) is 0 Å². The average molecular weight is 419 g/mol. The number of fused-ring (bicyclic) bond motifs is 1. The van der Waals surface area contributed by atoms with E-state index in [-0.39, 0.29) is 11.8 Å². The Labute approximate surface area is 182 Å². The monoisotopic (exact) mass is 419 g/mol. The van der Waals surface area contributed by atoms with Crippen molar-refractivity contribution in [3.8, 4) is 0 Å². The first kappa shape index (κ1) is 20.4. The van der Waals surface area contributed by atoms with Gasteiger partial charge in [0.05, 0.1) is 34.0 Å². The van der Waals surface area contributed by atoms with Gasteiger partial charge in [-0.15, -0.1) is 0 Å². The van der Waals surface area contributed by atoms with Crippen molar-refractivity contribution in [3.05, 3.63) is 65.2 Å². The predicted molar refractivity (Wildman–Crippen MR) is 116 cm³/mol. The highest BCUT2D eigenvalue weighted by atomic mass is 16.7. The van der Waals surface area contributed by atoms with Crippen molar-refractivity contribution in [2.24, 2.45) is 0 Å². The summed E-state index contributed by atoms with van der Waals surface area (Å²) in [6, 6.07) is 14.5. The molecule has 5 rings (SSSR count). The maximum atomic E-state index is 13.1. The molecule has 0 atom stereocenters. The summed E-state index contributed by atoms with van der Waals surface area (Å²) in [6.45, 7) is 8.03. The first-order valence-electron chi connectivity index (χ1n) is 10.7. The summed E-state index contributed by atoms with van der Waals surface area (Å²) < 4.78 is 12.3. The Bertz CT molecular complexity index is 1020. The summed E-state index contributed by atoms with van der Waals surface area (Å²) in [7, 11) is -0.485. The van der Waals surface area contributed by atoms with Crippen LogP contribution in [-0.4, -0.2) is 46.2 Å². The third-order valence-corrected chi connectivity index (χ3v) is 7.34. The topological polar surface area (TPSA) is 76.1 Å². The molecule has 0 radical (unpaired) electrons. The van der Waals surface area contributed by atoms with Gasteiger partial charge in [0.15, 0.2) is 0 Å². The third-order valence-electron chi connectivity index (χ3n) is 7.34. The van der Waals surface area contributed by atoms with Gasteiger partial charge in [-0.3, -0.25) is 14.5 Å². The quantitative estimate of drug-likeness (QED) is 0.612. The molecule has 6 nitrogen and oxygen atoms in total. The molecule has 2 heterocycles. The lowest BCUT2D eigenvalue weighted by molar-refractivity contribution is -0.0507. The van der Waals surface area contributed by atoms with E-state index in [4.69, 9.17) is 9.31 Å². The lowest BCUT2D eigenvalue weighted by atomic mass is 9.67. The van der Waals surface area contributed by atoms with Crippen molar-refractivity contribution in [1.82, 2.24) is 4.90 Å². The molecule has 160 valence electrons. The number of nitrogens with zero attached hydrogens (tertiary/aromatic N) is 1. The average Bonchev–Trinajstić information content (AvgIpc) is 3.08. The molecule has 31 heavy (non-hydrogen) atoms. The first-order valence-corrected chi connectivity index (χ1v) is 10.7. The van der Waals surface area contributed by atoms with Crippen LogP contribution in [0.15, 0.2) is 48.5 Å². The minimum absolute atomic E-state index is 0.303. The molecule has 2 fully saturated rings. The fourth-order valence-electron chi connectivity index (χ4n) is 4.77. The van der Waals surface area contributed by atoms with Crippen molar-refractivity contribution in [2.45, 2.75) is 63.4 Å². The number of hydrogen-bond acceptors (Lipinski definition) is 5. The van der Waals surface area contributed by atoms with E-state index in [1.807, 2.05) is 52.0 Å². The van der Waals surface area contributed by atoms with Crippen LogP contribution < -0.4 is 5.46 Å². The number of benzene rings is 2. The molecule has 0 unspecified atom stereocenters. The van der Waals surface area contributed by atoms with Crippen molar-refractivity contribution in [1.29, 1.82) is 0 Å².